The van der Waals surface area contributed by atoms with Gasteiger partial charge >= 0.3 is 17.1 Å². The van der Waals surface area contributed by atoms with Crippen LogP contribution in [0.25, 0.3) is 90.5 Å². The first-order chi connectivity index (χ1) is 28.8. The number of fused-ring (bicyclic) bond motifs is 8. The van der Waals surface area contributed by atoms with Gasteiger partial charge in [-0.05, 0) is 105 Å². The number of aromatic nitrogens is 4. The molecule has 299 valence electrons. The van der Waals surface area contributed by atoms with E-state index < -0.39 is 4.92 Å². The SMILES string of the molecule is COc1cccc(-c2c3nc(c(-c4cccc(OC)c4)c4ccc([n-]4)c(-c4cccc(OC)c4)c4nc(c(-c5cccc(OC)c5)c5ccc2[n-]5)C=C4[N+](=O)[O-])C=C3)c1.[Cu+2]. The zero-order valence-electron chi connectivity index (χ0n) is 32.8. The van der Waals surface area contributed by atoms with E-state index in [1.165, 1.54) is 6.08 Å². The Balaban J connectivity index is 0.00000499. The van der Waals surface area contributed by atoms with E-state index in [9.17, 15) is 10.1 Å². The molecule has 0 spiro atoms. The van der Waals surface area contributed by atoms with Gasteiger partial charge in [0.15, 0.2) is 0 Å². The van der Waals surface area contributed by atoms with Gasteiger partial charge < -0.3 is 28.9 Å². The second kappa shape index (κ2) is 16.5. The Morgan fingerprint density at radius 2 is 0.833 bits per heavy atom. The normalized spacial score (nSPS) is 11.7. The van der Waals surface area contributed by atoms with Gasteiger partial charge in [0, 0.05) is 6.08 Å². The maximum absolute atomic E-state index is 13.1. The Morgan fingerprint density at radius 3 is 1.20 bits per heavy atom. The molecule has 0 saturated heterocycles. The van der Waals surface area contributed by atoms with Crippen LogP contribution in [0.5, 0.6) is 23.0 Å². The molecule has 0 aliphatic carbocycles. The summed E-state index contributed by atoms with van der Waals surface area (Å²) in [6, 6.07) is 37.9. The van der Waals surface area contributed by atoms with Gasteiger partial charge in [-0.3, -0.25) is 10.1 Å². The summed E-state index contributed by atoms with van der Waals surface area (Å²) in [6.45, 7) is 0. The van der Waals surface area contributed by atoms with Gasteiger partial charge in [0.05, 0.1) is 50.4 Å². The number of hydrogen-bond acceptors (Lipinski definition) is 8. The standard InChI is InChI=1S/C48H35N5O6.Cu/c1-56-32-13-5-9-28(23-32)44-36-17-18-37(49-36)45(29-10-6-14-33(24-29)57-2)39-21-22-41(51-39)47(31-12-8-16-35(26-31)59-4)48-43(53(54)55)27-42(52-48)46(40-20-19-38(44)50-40)30-11-7-15-34(25-30)58-3;/h5-27H,1-4H3;/q-2;+2. The number of ether oxygens (including phenoxy) is 4. The van der Waals surface area contributed by atoms with E-state index in [2.05, 4.69) is 0 Å². The van der Waals surface area contributed by atoms with Gasteiger partial charge in [-0.2, -0.15) is 0 Å². The van der Waals surface area contributed by atoms with Crippen molar-refractivity contribution in [2.45, 2.75) is 0 Å². The molecule has 0 atom stereocenters. The minimum atomic E-state index is -0.408. The smallest absolute Gasteiger partial charge is 0.657 e. The molecule has 8 bridgehead atoms. The third-order valence-corrected chi connectivity index (χ3v) is 10.3. The average Bonchev–Trinajstić information content (AvgIpc) is 4.11. The van der Waals surface area contributed by atoms with Gasteiger partial charge in [-0.15, -0.1) is 22.1 Å². The van der Waals surface area contributed by atoms with Crippen molar-refractivity contribution < 1.29 is 40.9 Å². The molecule has 11 nitrogen and oxygen atoms in total. The quantitative estimate of drug-likeness (QED) is 0.0785. The minimum absolute atomic E-state index is 0. The van der Waals surface area contributed by atoms with E-state index >= 15 is 0 Å². The van der Waals surface area contributed by atoms with Gasteiger partial charge in [0.2, 0.25) is 0 Å². The molecule has 60 heavy (non-hydrogen) atoms. The Morgan fingerprint density at radius 1 is 0.483 bits per heavy atom. The molecule has 2 aliphatic rings. The second-order valence-electron chi connectivity index (χ2n) is 13.7. The summed E-state index contributed by atoms with van der Waals surface area (Å²) in [5, 5.41) is 13.1. The van der Waals surface area contributed by atoms with Crippen LogP contribution in [0, 0.1) is 10.1 Å². The zero-order chi connectivity index (χ0) is 40.6. The van der Waals surface area contributed by atoms with Crippen LogP contribution in [0.3, 0.4) is 0 Å². The number of rotatable bonds is 9. The summed E-state index contributed by atoms with van der Waals surface area (Å²) in [5.41, 5.74) is 9.40. The average molecular weight is 841 g/mol. The molecule has 0 unspecified atom stereocenters. The van der Waals surface area contributed by atoms with Gasteiger partial charge in [0.1, 0.15) is 28.7 Å². The molecule has 2 aliphatic heterocycles. The Bertz CT molecular complexity index is 3060. The van der Waals surface area contributed by atoms with Crippen molar-refractivity contribution in [3.8, 4) is 67.5 Å². The number of hydrogen-bond donors (Lipinski definition) is 0. The van der Waals surface area contributed by atoms with Gasteiger partial charge in [0.25, 0.3) is 5.70 Å². The summed E-state index contributed by atoms with van der Waals surface area (Å²) in [5.74, 6) is 2.51. The predicted molar refractivity (Wildman–Crippen MR) is 231 cm³/mol. The molecular weight excluding hydrogens is 806 g/mol. The van der Waals surface area contributed by atoms with Crippen LogP contribution in [0.2, 0.25) is 0 Å². The maximum atomic E-state index is 13.1. The summed E-state index contributed by atoms with van der Waals surface area (Å²) in [7, 11) is 6.42. The van der Waals surface area contributed by atoms with E-state index in [0.717, 1.165) is 22.3 Å². The molecule has 0 amide bonds. The van der Waals surface area contributed by atoms with Gasteiger partial charge in [-0.25, -0.2) is 9.97 Å². The Labute approximate surface area is 355 Å². The topological polar surface area (TPSA) is 134 Å². The molecule has 0 saturated carbocycles. The summed E-state index contributed by atoms with van der Waals surface area (Å²) >= 11 is 0. The molecule has 3 aromatic heterocycles. The molecular formula is C48H35CuN5O6. The van der Waals surface area contributed by atoms with Crippen LogP contribution in [-0.4, -0.2) is 43.3 Å². The number of benzene rings is 4. The summed E-state index contributed by atoms with van der Waals surface area (Å²) < 4.78 is 22.6. The molecule has 7 aromatic rings. The molecule has 4 aromatic carbocycles. The van der Waals surface area contributed by atoms with Crippen LogP contribution in [0.4, 0.5) is 0 Å². The molecule has 0 fully saturated rings. The van der Waals surface area contributed by atoms with E-state index in [-0.39, 0.29) is 28.5 Å². The van der Waals surface area contributed by atoms with E-state index in [0.29, 0.717) is 84.4 Å². The predicted octanol–water partition coefficient (Wildman–Crippen LogP) is 10.2. The monoisotopic (exact) mass is 840 g/mol. The van der Waals surface area contributed by atoms with Crippen LogP contribution >= 0.6 is 0 Å². The number of nitrogens with zero attached hydrogens (tertiary/aromatic N) is 5. The van der Waals surface area contributed by atoms with Crippen molar-refractivity contribution in [2.75, 3.05) is 28.4 Å². The summed E-state index contributed by atoms with van der Waals surface area (Å²) in [4.78, 5) is 33.6. The van der Waals surface area contributed by atoms with Crippen molar-refractivity contribution in [1.29, 1.82) is 0 Å². The van der Waals surface area contributed by atoms with Crippen molar-refractivity contribution >= 4 is 46.0 Å². The van der Waals surface area contributed by atoms with Crippen LogP contribution < -0.4 is 28.9 Å². The number of methoxy groups -OCH3 is 4. The molecule has 9 rings (SSSR count). The van der Waals surface area contributed by atoms with Crippen molar-refractivity contribution in [3.63, 3.8) is 0 Å². The van der Waals surface area contributed by atoms with Crippen molar-refractivity contribution in [3.05, 3.63) is 154 Å². The van der Waals surface area contributed by atoms with Gasteiger partial charge in [-0.1, -0.05) is 72.8 Å². The van der Waals surface area contributed by atoms with Crippen molar-refractivity contribution in [2.24, 2.45) is 0 Å². The first kappa shape index (κ1) is 39.4. The van der Waals surface area contributed by atoms with E-state index in [1.54, 1.807) is 28.4 Å². The fraction of sp³-hybridized carbons (Fsp3) is 0.0833. The third-order valence-electron chi connectivity index (χ3n) is 10.3. The Kier molecular flexibility index (Phi) is 10.8. The Hall–Kier alpha value is -7.40. The number of nitro groups is 1. The second-order valence-corrected chi connectivity index (χ2v) is 13.7. The zero-order valence-corrected chi connectivity index (χ0v) is 33.7. The fourth-order valence-corrected chi connectivity index (χ4v) is 7.58. The maximum Gasteiger partial charge on any atom is 2.00 e. The largest absolute Gasteiger partial charge is 2.00 e. The van der Waals surface area contributed by atoms with Crippen molar-refractivity contribution in [1.82, 2.24) is 19.9 Å². The third kappa shape index (κ3) is 7.19. The molecule has 5 heterocycles. The summed E-state index contributed by atoms with van der Waals surface area (Å²) in [6.07, 6.45) is 5.46. The van der Waals surface area contributed by atoms with Crippen LogP contribution in [-0.2, 0) is 17.1 Å². The molecule has 0 N–H and O–H groups in total. The first-order valence-electron chi connectivity index (χ1n) is 18.7. The molecule has 1 radical (unpaired) electrons. The van der Waals surface area contributed by atoms with E-state index in [1.807, 2.05) is 133 Å². The van der Waals surface area contributed by atoms with Crippen LogP contribution in [0.15, 0.2) is 121 Å². The van der Waals surface area contributed by atoms with E-state index in [4.69, 9.17) is 38.9 Å². The molecule has 12 heteroatoms. The first-order valence-corrected chi connectivity index (χ1v) is 18.7. The fourth-order valence-electron chi connectivity index (χ4n) is 7.58. The van der Waals surface area contributed by atoms with Crippen LogP contribution in [0.1, 0.15) is 22.8 Å². The minimum Gasteiger partial charge on any atom is -0.657 e.